The van der Waals surface area contributed by atoms with Crippen molar-refractivity contribution in [3.8, 4) is 10.4 Å². The van der Waals surface area contributed by atoms with Gasteiger partial charge in [0.2, 0.25) is 11.8 Å². The Hall–Kier alpha value is -3.97. The maximum absolute atomic E-state index is 14.0. The van der Waals surface area contributed by atoms with Crippen LogP contribution < -0.4 is 10.2 Å². The standard InChI is InChI=1S/C33H44N6O6S/c1-20(2)28(26-16-27(36-45-26)37-11-13-38(14-12-37)32(43)44-33(4,5)6)31(42)39-18-24(40)15-25(39)30(41)34-17-22-7-9-23(10-8-22)29-21(3)35-19-46-29/h7-10,16,19-20,24-25,28,40H,11-15,17-18H2,1-6H3,(H,34,41)/t24-,25+,28-/m1/s1. The topological polar surface area (TPSA) is 141 Å². The molecule has 3 atom stereocenters. The summed E-state index contributed by atoms with van der Waals surface area (Å²) in [7, 11) is 0. The van der Waals surface area contributed by atoms with E-state index in [4.69, 9.17) is 9.26 Å². The Balaban J connectivity index is 1.21. The molecule has 2 aromatic heterocycles. The predicted octanol–water partition coefficient (Wildman–Crippen LogP) is 4.18. The molecule has 0 spiro atoms. The molecule has 12 nitrogen and oxygen atoms in total. The lowest BCUT2D eigenvalue weighted by atomic mass is 9.91. The average molecular weight is 653 g/mol. The molecule has 2 N–H and O–H groups in total. The molecule has 0 radical (unpaired) electrons. The highest BCUT2D eigenvalue weighted by Gasteiger charge is 2.43. The fourth-order valence-electron chi connectivity index (χ4n) is 5.90. The first-order valence-corrected chi connectivity index (χ1v) is 16.6. The number of nitrogens with zero attached hydrogens (tertiary/aromatic N) is 5. The first kappa shape index (κ1) is 33.4. The average Bonchev–Trinajstić information content (AvgIpc) is 3.75. The number of aryl methyl sites for hydroxylation is 1. The van der Waals surface area contributed by atoms with E-state index in [2.05, 4.69) is 15.5 Å². The lowest BCUT2D eigenvalue weighted by Crippen LogP contribution is -2.50. The number of hydrogen-bond acceptors (Lipinski definition) is 10. The minimum absolute atomic E-state index is 0.0661. The van der Waals surface area contributed by atoms with Gasteiger partial charge in [0.1, 0.15) is 17.6 Å². The summed E-state index contributed by atoms with van der Waals surface area (Å²) in [6.07, 6.45) is -0.985. The number of hydrogen-bond donors (Lipinski definition) is 2. The molecule has 0 unspecified atom stereocenters. The molecular formula is C33H44N6O6S. The van der Waals surface area contributed by atoms with Gasteiger partial charge in [-0.25, -0.2) is 9.78 Å². The van der Waals surface area contributed by atoms with Crippen molar-refractivity contribution in [3.63, 3.8) is 0 Å². The molecular weight excluding hydrogens is 608 g/mol. The molecule has 248 valence electrons. The number of carbonyl (C=O) groups excluding carboxylic acids is 3. The van der Waals surface area contributed by atoms with Crippen molar-refractivity contribution in [2.75, 3.05) is 37.6 Å². The molecule has 0 saturated carbocycles. The number of rotatable bonds is 8. The predicted molar refractivity (Wildman–Crippen MR) is 174 cm³/mol. The molecule has 13 heteroatoms. The highest BCUT2D eigenvalue weighted by molar-refractivity contribution is 7.13. The van der Waals surface area contributed by atoms with Gasteiger partial charge in [0, 0.05) is 51.8 Å². The van der Waals surface area contributed by atoms with Crippen molar-refractivity contribution >= 4 is 35.1 Å². The molecule has 2 fully saturated rings. The lowest BCUT2D eigenvalue weighted by molar-refractivity contribution is -0.141. The Labute approximate surface area is 273 Å². The SMILES string of the molecule is Cc1ncsc1-c1ccc(CNC(=O)[C@@H]2C[C@@H](O)CN2C(=O)[C@@H](c2cc(N3CCN(C(=O)OC(C)(C)C)CC3)no2)C(C)C)cc1. The molecule has 2 saturated heterocycles. The largest absolute Gasteiger partial charge is 0.444 e. The van der Waals surface area contributed by atoms with Gasteiger partial charge in [0.15, 0.2) is 11.6 Å². The van der Waals surface area contributed by atoms with Crippen LogP contribution in [0.25, 0.3) is 10.4 Å². The minimum atomic E-state index is -0.805. The summed E-state index contributed by atoms with van der Waals surface area (Å²) in [6.45, 7) is 13.7. The van der Waals surface area contributed by atoms with Gasteiger partial charge in [-0.05, 0) is 44.7 Å². The molecule has 46 heavy (non-hydrogen) atoms. The highest BCUT2D eigenvalue weighted by Crippen LogP contribution is 2.33. The number of benzene rings is 1. The number of nitrogens with one attached hydrogen (secondary N) is 1. The number of piperazine rings is 1. The van der Waals surface area contributed by atoms with Crippen LogP contribution in [0.4, 0.5) is 10.6 Å². The Morgan fingerprint density at radius 2 is 1.83 bits per heavy atom. The van der Waals surface area contributed by atoms with E-state index < -0.39 is 23.7 Å². The Bertz CT molecular complexity index is 1520. The van der Waals surface area contributed by atoms with Crippen molar-refractivity contribution in [2.45, 2.75) is 78.2 Å². The first-order chi connectivity index (χ1) is 21.8. The number of thiazole rings is 1. The maximum Gasteiger partial charge on any atom is 0.410 e. The third-order valence-corrected chi connectivity index (χ3v) is 9.28. The number of aromatic nitrogens is 2. The maximum atomic E-state index is 14.0. The van der Waals surface area contributed by atoms with Crippen molar-refractivity contribution in [3.05, 3.63) is 52.9 Å². The van der Waals surface area contributed by atoms with Crippen LogP contribution in [0, 0.1) is 12.8 Å². The zero-order valence-electron chi connectivity index (χ0n) is 27.4. The fraction of sp³-hybridized carbons (Fsp3) is 0.545. The van der Waals surface area contributed by atoms with Crippen LogP contribution in [0.2, 0.25) is 0 Å². The second-order valence-corrected chi connectivity index (χ2v) is 14.2. The summed E-state index contributed by atoms with van der Waals surface area (Å²) >= 11 is 1.59. The zero-order chi connectivity index (χ0) is 33.2. The van der Waals surface area contributed by atoms with E-state index in [0.717, 1.165) is 21.7 Å². The van der Waals surface area contributed by atoms with Crippen LogP contribution in [0.1, 0.15) is 64.0 Å². The number of aliphatic hydroxyl groups excluding tert-OH is 1. The summed E-state index contributed by atoms with van der Waals surface area (Å²) in [4.78, 5) is 50.4. The zero-order valence-corrected chi connectivity index (χ0v) is 28.2. The number of β-amino-alcohol motifs (C(OH)–C–C–N with tert-alkyl or cyclic N) is 1. The summed E-state index contributed by atoms with van der Waals surface area (Å²) < 4.78 is 11.2. The quantitative estimate of drug-likeness (QED) is 0.367. The van der Waals surface area contributed by atoms with Crippen molar-refractivity contribution in [2.24, 2.45) is 5.92 Å². The summed E-state index contributed by atoms with van der Waals surface area (Å²) in [5.74, 6) is -0.442. The number of amides is 3. The van der Waals surface area contributed by atoms with E-state index in [0.29, 0.717) is 44.3 Å². The molecule has 2 aliphatic heterocycles. The van der Waals surface area contributed by atoms with E-state index in [1.807, 2.05) is 76.2 Å². The van der Waals surface area contributed by atoms with E-state index in [1.54, 1.807) is 22.3 Å². The third kappa shape index (κ3) is 7.69. The molecule has 3 aromatic rings. The van der Waals surface area contributed by atoms with Crippen molar-refractivity contribution < 1.29 is 28.8 Å². The van der Waals surface area contributed by atoms with E-state index in [-0.39, 0.29) is 36.8 Å². The van der Waals surface area contributed by atoms with Gasteiger partial charge in [0.05, 0.1) is 22.2 Å². The summed E-state index contributed by atoms with van der Waals surface area (Å²) in [6, 6.07) is 8.92. The summed E-state index contributed by atoms with van der Waals surface area (Å²) in [5, 5.41) is 17.7. The molecule has 5 rings (SSSR count). The van der Waals surface area contributed by atoms with Crippen molar-refractivity contribution in [1.82, 2.24) is 25.3 Å². The summed E-state index contributed by atoms with van der Waals surface area (Å²) in [5.41, 5.74) is 4.24. The van der Waals surface area contributed by atoms with E-state index >= 15 is 0 Å². The van der Waals surface area contributed by atoms with Crippen LogP contribution >= 0.6 is 11.3 Å². The first-order valence-electron chi connectivity index (χ1n) is 15.8. The normalized spacial score (nSPS) is 19.4. The number of carbonyl (C=O) groups is 3. The van der Waals surface area contributed by atoms with Crippen molar-refractivity contribution in [1.29, 1.82) is 0 Å². The van der Waals surface area contributed by atoms with Crippen LogP contribution in [0.3, 0.4) is 0 Å². The fourth-order valence-corrected chi connectivity index (χ4v) is 6.71. The number of aliphatic hydroxyl groups is 1. The monoisotopic (exact) mass is 652 g/mol. The van der Waals surface area contributed by atoms with Gasteiger partial charge in [0.25, 0.3) is 0 Å². The highest BCUT2D eigenvalue weighted by atomic mass is 32.1. The number of anilines is 1. The smallest absolute Gasteiger partial charge is 0.410 e. The van der Waals surface area contributed by atoms with Crippen LogP contribution in [0.5, 0.6) is 0 Å². The van der Waals surface area contributed by atoms with Gasteiger partial charge in [-0.1, -0.05) is 43.3 Å². The Kier molecular flexibility index (Phi) is 10.0. The third-order valence-electron chi connectivity index (χ3n) is 8.30. The molecule has 0 aliphatic carbocycles. The number of ether oxygens (including phenoxy) is 1. The van der Waals surface area contributed by atoms with Gasteiger partial charge in [-0.3, -0.25) is 9.59 Å². The Morgan fingerprint density at radius 1 is 1.13 bits per heavy atom. The lowest BCUT2D eigenvalue weighted by Gasteiger charge is -2.35. The van der Waals surface area contributed by atoms with E-state index in [1.165, 1.54) is 4.90 Å². The molecule has 2 aliphatic rings. The molecule has 4 heterocycles. The van der Waals surface area contributed by atoms with Gasteiger partial charge in [-0.15, -0.1) is 11.3 Å². The van der Waals surface area contributed by atoms with Gasteiger partial charge < -0.3 is 34.4 Å². The second-order valence-electron chi connectivity index (χ2n) is 13.3. The Morgan fingerprint density at radius 3 is 2.43 bits per heavy atom. The molecule has 1 aromatic carbocycles. The van der Waals surface area contributed by atoms with Crippen LogP contribution in [-0.4, -0.2) is 93.4 Å². The van der Waals surface area contributed by atoms with Gasteiger partial charge in [-0.2, -0.15) is 0 Å². The number of likely N-dealkylation sites (tertiary alicyclic amines) is 1. The molecule has 0 bridgehead atoms. The second kappa shape index (κ2) is 13.8. The van der Waals surface area contributed by atoms with E-state index in [9.17, 15) is 19.5 Å². The van der Waals surface area contributed by atoms with Crippen LogP contribution in [0.15, 0.2) is 40.4 Å². The minimum Gasteiger partial charge on any atom is -0.444 e. The van der Waals surface area contributed by atoms with Gasteiger partial charge >= 0.3 is 6.09 Å². The van der Waals surface area contributed by atoms with Crippen LogP contribution in [-0.2, 0) is 20.9 Å². The molecule has 3 amide bonds.